The quantitative estimate of drug-likeness (QED) is 0.534. The van der Waals surface area contributed by atoms with Crippen molar-refractivity contribution in [3.63, 3.8) is 0 Å². The Morgan fingerprint density at radius 1 is 1.60 bits per heavy atom. The molecule has 0 saturated heterocycles. The van der Waals surface area contributed by atoms with Gasteiger partial charge in [-0.3, -0.25) is 0 Å². The fourth-order valence-electron chi connectivity index (χ4n) is 0.496. The Kier molecular flexibility index (Phi) is 3.26. The number of alkyl halides is 2. The molecule has 0 nitrogen and oxygen atoms in total. The summed E-state index contributed by atoms with van der Waals surface area (Å²) in [6.45, 7) is 7.55. The van der Waals surface area contributed by atoms with E-state index in [1.165, 1.54) is 0 Å². The van der Waals surface area contributed by atoms with E-state index in [1.54, 1.807) is 6.08 Å². The van der Waals surface area contributed by atoms with E-state index < -0.39 is 5.92 Å². The molecule has 0 spiro atoms. The van der Waals surface area contributed by atoms with Gasteiger partial charge < -0.3 is 0 Å². The van der Waals surface area contributed by atoms with Crippen molar-refractivity contribution < 1.29 is 8.78 Å². The van der Waals surface area contributed by atoms with Crippen LogP contribution in [0.5, 0.6) is 0 Å². The third-order valence-corrected chi connectivity index (χ3v) is 1.27. The van der Waals surface area contributed by atoms with Gasteiger partial charge in [0.25, 0.3) is 5.92 Å². The molecule has 2 heteroatoms. The molecule has 0 unspecified atom stereocenters. The van der Waals surface area contributed by atoms with Crippen molar-refractivity contribution in [1.82, 2.24) is 0 Å². The van der Waals surface area contributed by atoms with Crippen LogP contribution >= 0.6 is 0 Å². The summed E-state index contributed by atoms with van der Waals surface area (Å²) in [5, 5.41) is 0. The molecule has 58 valence electrons. The molecule has 0 heterocycles. The van der Waals surface area contributed by atoms with Gasteiger partial charge in [-0.15, -0.1) is 6.58 Å². The number of hydrogen-bond acceptors (Lipinski definition) is 0. The summed E-state index contributed by atoms with van der Waals surface area (Å²) >= 11 is 0. The van der Waals surface area contributed by atoms with Crippen molar-refractivity contribution in [1.29, 1.82) is 0 Å². The van der Waals surface area contributed by atoms with Crippen LogP contribution in [0.25, 0.3) is 0 Å². The average Bonchev–Trinajstić information content (AvgIpc) is 1.80. The molecule has 0 fully saturated rings. The van der Waals surface area contributed by atoms with Crippen LogP contribution in [0.1, 0.15) is 19.8 Å². The van der Waals surface area contributed by atoms with E-state index in [4.69, 9.17) is 0 Å². The molecular weight excluding hydrogens is 134 g/mol. The van der Waals surface area contributed by atoms with Crippen molar-refractivity contribution in [3.8, 4) is 0 Å². The van der Waals surface area contributed by atoms with Gasteiger partial charge in [0.15, 0.2) is 0 Å². The van der Waals surface area contributed by atoms with E-state index in [0.29, 0.717) is 12.8 Å². The first-order valence-electron chi connectivity index (χ1n) is 3.15. The first-order chi connectivity index (χ1) is 4.48. The topological polar surface area (TPSA) is 0 Å². The van der Waals surface area contributed by atoms with Crippen molar-refractivity contribution in [2.24, 2.45) is 0 Å². The predicted molar refractivity (Wildman–Crippen MR) is 39.2 cm³/mol. The molecule has 0 saturated carbocycles. The predicted octanol–water partition coefficient (Wildman–Crippen LogP) is 3.16. The summed E-state index contributed by atoms with van der Waals surface area (Å²) in [5.74, 6) is -2.73. The van der Waals surface area contributed by atoms with E-state index in [9.17, 15) is 8.78 Å². The second kappa shape index (κ2) is 3.49. The molecule has 0 amide bonds. The molecule has 0 aliphatic carbocycles. The summed E-state index contributed by atoms with van der Waals surface area (Å²) in [6.07, 6.45) is 2.51. The third-order valence-electron chi connectivity index (χ3n) is 1.27. The molecule has 0 N–H and O–H groups in total. The molecule has 0 bridgehead atoms. The monoisotopic (exact) mass is 146 g/mol. The van der Waals surface area contributed by atoms with Crippen LogP contribution in [0.2, 0.25) is 0 Å². The van der Waals surface area contributed by atoms with Gasteiger partial charge in [0.2, 0.25) is 0 Å². The zero-order valence-corrected chi connectivity index (χ0v) is 6.16. The molecule has 0 aliphatic heterocycles. The summed E-state index contributed by atoms with van der Waals surface area (Å²) in [4.78, 5) is 0. The van der Waals surface area contributed by atoms with Crippen LogP contribution in [0, 0.1) is 0 Å². The average molecular weight is 146 g/mol. The van der Waals surface area contributed by atoms with Gasteiger partial charge in [0, 0.05) is 6.92 Å². The standard InChI is InChI=1S/C8H12F2/c1-4-5-6-7(2)8(3,9)10/h4H,1-2,5-6H2,3H3. The van der Waals surface area contributed by atoms with Crippen molar-refractivity contribution in [3.05, 3.63) is 24.8 Å². The number of halogens is 2. The molecule has 0 aromatic carbocycles. The Hall–Kier alpha value is -0.660. The molecule has 0 aliphatic rings. The highest BCUT2D eigenvalue weighted by Crippen LogP contribution is 2.24. The lowest BCUT2D eigenvalue weighted by molar-refractivity contribution is 0.0603. The lowest BCUT2D eigenvalue weighted by Crippen LogP contribution is -2.12. The Bertz CT molecular complexity index is 131. The summed E-state index contributed by atoms with van der Waals surface area (Å²) in [5.41, 5.74) is -0.0209. The van der Waals surface area contributed by atoms with Crippen LogP contribution in [0.4, 0.5) is 8.78 Å². The summed E-state index contributed by atoms with van der Waals surface area (Å²) in [7, 11) is 0. The maximum absolute atomic E-state index is 12.3. The molecule has 10 heavy (non-hydrogen) atoms. The summed E-state index contributed by atoms with van der Waals surface area (Å²) in [6, 6.07) is 0. The smallest absolute Gasteiger partial charge is 0.202 e. The van der Waals surface area contributed by atoms with Crippen molar-refractivity contribution in [2.45, 2.75) is 25.7 Å². The maximum Gasteiger partial charge on any atom is 0.266 e. The fourth-order valence-corrected chi connectivity index (χ4v) is 0.496. The lowest BCUT2D eigenvalue weighted by Gasteiger charge is -2.11. The Labute approximate surface area is 60.2 Å². The van der Waals surface area contributed by atoms with Crippen LogP contribution in [-0.4, -0.2) is 5.92 Å². The Balaban J connectivity index is 3.74. The van der Waals surface area contributed by atoms with Crippen molar-refractivity contribution in [2.75, 3.05) is 0 Å². The SMILES string of the molecule is C=CCCC(=C)C(C)(F)F. The van der Waals surface area contributed by atoms with Crippen LogP contribution in [-0.2, 0) is 0 Å². The van der Waals surface area contributed by atoms with E-state index in [1.807, 2.05) is 0 Å². The molecule has 0 aromatic rings. The normalized spacial score (nSPS) is 11.1. The van der Waals surface area contributed by atoms with Crippen LogP contribution in [0.3, 0.4) is 0 Å². The minimum Gasteiger partial charge on any atom is -0.202 e. The minimum absolute atomic E-state index is 0.0209. The second-order valence-electron chi connectivity index (χ2n) is 2.32. The van der Waals surface area contributed by atoms with Gasteiger partial charge in [-0.05, 0) is 18.4 Å². The van der Waals surface area contributed by atoms with Gasteiger partial charge in [0.05, 0.1) is 0 Å². The fraction of sp³-hybridized carbons (Fsp3) is 0.500. The highest BCUT2D eigenvalue weighted by molar-refractivity contribution is 5.05. The highest BCUT2D eigenvalue weighted by Gasteiger charge is 2.24. The Morgan fingerprint density at radius 2 is 2.10 bits per heavy atom. The number of hydrogen-bond donors (Lipinski definition) is 0. The number of rotatable bonds is 4. The second-order valence-corrected chi connectivity index (χ2v) is 2.32. The van der Waals surface area contributed by atoms with E-state index >= 15 is 0 Å². The lowest BCUT2D eigenvalue weighted by atomic mass is 10.1. The zero-order chi connectivity index (χ0) is 8.20. The van der Waals surface area contributed by atoms with E-state index in [0.717, 1.165) is 6.92 Å². The van der Waals surface area contributed by atoms with Crippen LogP contribution in [0.15, 0.2) is 24.8 Å². The first kappa shape index (κ1) is 9.34. The highest BCUT2D eigenvalue weighted by atomic mass is 19.3. The van der Waals surface area contributed by atoms with Gasteiger partial charge in [0.1, 0.15) is 0 Å². The van der Waals surface area contributed by atoms with Gasteiger partial charge in [-0.1, -0.05) is 12.7 Å². The maximum atomic E-state index is 12.3. The molecule has 0 radical (unpaired) electrons. The van der Waals surface area contributed by atoms with Gasteiger partial charge >= 0.3 is 0 Å². The van der Waals surface area contributed by atoms with Crippen molar-refractivity contribution >= 4 is 0 Å². The first-order valence-corrected chi connectivity index (χ1v) is 3.15. The molecular formula is C8H12F2. The summed E-state index contributed by atoms with van der Waals surface area (Å²) < 4.78 is 24.6. The Morgan fingerprint density at radius 3 is 2.40 bits per heavy atom. The van der Waals surface area contributed by atoms with E-state index in [-0.39, 0.29) is 5.57 Å². The molecule has 0 rings (SSSR count). The van der Waals surface area contributed by atoms with Crippen LogP contribution < -0.4 is 0 Å². The third kappa shape index (κ3) is 3.38. The van der Waals surface area contributed by atoms with Gasteiger partial charge in [-0.25, -0.2) is 8.78 Å². The molecule has 0 aromatic heterocycles. The van der Waals surface area contributed by atoms with Gasteiger partial charge in [-0.2, -0.15) is 0 Å². The zero-order valence-electron chi connectivity index (χ0n) is 6.16. The molecule has 0 atom stereocenters. The number of allylic oxidation sites excluding steroid dienone is 2. The van der Waals surface area contributed by atoms with E-state index in [2.05, 4.69) is 13.2 Å². The minimum atomic E-state index is -2.73. The largest absolute Gasteiger partial charge is 0.266 e.